The second-order valence-corrected chi connectivity index (χ2v) is 9.82. The van der Waals surface area contributed by atoms with Crippen LogP contribution in [0.25, 0.3) is 0 Å². The molecule has 0 radical (unpaired) electrons. The number of aromatic amines is 1. The van der Waals surface area contributed by atoms with Gasteiger partial charge in [0.05, 0.1) is 14.4 Å². The van der Waals surface area contributed by atoms with Gasteiger partial charge in [0, 0.05) is 19.4 Å². The van der Waals surface area contributed by atoms with Crippen LogP contribution in [0.3, 0.4) is 0 Å². The summed E-state index contributed by atoms with van der Waals surface area (Å²) >= 11 is 0. The van der Waals surface area contributed by atoms with Gasteiger partial charge in [0.2, 0.25) is 0 Å². The Hall–Kier alpha value is -1.03. The summed E-state index contributed by atoms with van der Waals surface area (Å²) in [7, 11) is -17.0. The zero-order valence-electron chi connectivity index (χ0n) is 14.6. The van der Waals surface area contributed by atoms with Gasteiger partial charge >= 0.3 is 5.69 Å². The van der Waals surface area contributed by atoms with Crippen LogP contribution in [-0.4, -0.2) is 46.7 Å². The van der Waals surface area contributed by atoms with Crippen LogP contribution in [0.2, 0.25) is 0 Å². The molecule has 30 heavy (non-hydrogen) atoms. The number of phosphoric acid groups is 3. The number of rotatable bonds is 9. The fourth-order valence-electron chi connectivity index (χ4n) is 2.41. The van der Waals surface area contributed by atoms with E-state index in [2.05, 4.69) is 13.1 Å². The first-order valence-corrected chi connectivity index (χ1v) is 11.9. The van der Waals surface area contributed by atoms with Crippen LogP contribution in [0.4, 0.5) is 0 Å². The van der Waals surface area contributed by atoms with Gasteiger partial charge in [-0.25, -0.2) is 9.11 Å². The number of hydrogen-bond donors (Lipinski definition) is 2. The van der Waals surface area contributed by atoms with E-state index in [0.29, 0.717) is 0 Å². The van der Waals surface area contributed by atoms with Crippen molar-refractivity contribution in [3.63, 3.8) is 0 Å². The highest BCUT2D eigenvalue weighted by molar-refractivity contribution is 7.64. The molecule has 172 valence electrons. The zero-order chi connectivity index (χ0) is 22.9. The van der Waals surface area contributed by atoms with Gasteiger partial charge < -0.3 is 43.2 Å². The molecule has 0 bridgehead atoms. The molecule has 6 atom stereocenters. The fourth-order valence-corrected chi connectivity index (χ4v) is 5.28. The molecule has 0 spiro atoms. The summed E-state index contributed by atoms with van der Waals surface area (Å²) in [4.78, 5) is 68.2. The van der Waals surface area contributed by atoms with E-state index in [4.69, 9.17) is 9.47 Å². The number of ether oxygens (including phenoxy) is 2. The highest BCUT2D eigenvalue weighted by Crippen LogP contribution is 2.60. The number of hydrogen-bond acceptors (Lipinski definition) is 15. The molecular formula is C10H13N2O15P3-4. The molecule has 20 heteroatoms. The Morgan fingerprint density at radius 1 is 1.17 bits per heavy atom. The zero-order valence-corrected chi connectivity index (χ0v) is 17.3. The summed E-state index contributed by atoms with van der Waals surface area (Å²) in [6.45, 7) is -1.08. The first-order chi connectivity index (χ1) is 13.6. The molecule has 17 nitrogen and oxygen atoms in total. The lowest BCUT2D eigenvalue weighted by atomic mass is 10.1. The summed E-state index contributed by atoms with van der Waals surface area (Å²) in [5, 5.41) is 10.2. The topological polar surface area (TPSA) is 265 Å². The predicted octanol–water partition coefficient (Wildman–Crippen LogP) is -4.37. The Balaban J connectivity index is 2.10. The summed E-state index contributed by atoms with van der Waals surface area (Å²) in [6, 6.07) is 0.962. The minimum atomic E-state index is -6.15. The molecule has 1 aromatic rings. The van der Waals surface area contributed by atoms with Gasteiger partial charge in [-0.3, -0.25) is 27.8 Å². The lowest BCUT2D eigenvalue weighted by Crippen LogP contribution is -2.38. The standard InChI is InChI=1S/C10H17N2O15P3/c1-23-8-7(14)5(25-9(8)12-3-2-6(13)11-10(12)15)4-24-29(19,20)27-30(21,22)26-28(16,17)18/h2-3,5,7-9,14H,4H2,1H3,(H,19,20)(H,21,22)(H,11,13,15)(H2,16,17,18)/p-4. The van der Waals surface area contributed by atoms with E-state index in [-0.39, 0.29) is 0 Å². The van der Waals surface area contributed by atoms with Crippen molar-refractivity contribution in [1.82, 2.24) is 9.55 Å². The van der Waals surface area contributed by atoms with Gasteiger partial charge in [-0.1, -0.05) is 0 Å². The monoisotopic (exact) mass is 494 g/mol. The number of aliphatic hydroxyl groups is 1. The van der Waals surface area contributed by atoms with Crippen molar-refractivity contribution in [1.29, 1.82) is 0 Å². The third-order valence-electron chi connectivity index (χ3n) is 3.51. The van der Waals surface area contributed by atoms with Crippen molar-refractivity contribution < 1.29 is 61.0 Å². The summed E-state index contributed by atoms with van der Waals surface area (Å²) in [5.74, 6) is 0. The van der Waals surface area contributed by atoms with Crippen molar-refractivity contribution in [2.24, 2.45) is 0 Å². The van der Waals surface area contributed by atoms with Gasteiger partial charge in [-0.05, 0) is 0 Å². The van der Waals surface area contributed by atoms with Crippen LogP contribution in [0.1, 0.15) is 6.23 Å². The molecule has 1 fully saturated rings. The highest BCUT2D eigenvalue weighted by Gasteiger charge is 2.46. The maximum absolute atomic E-state index is 11.9. The second-order valence-electron chi connectivity index (χ2n) is 5.57. The van der Waals surface area contributed by atoms with E-state index < -0.39 is 65.9 Å². The molecule has 0 aliphatic carbocycles. The second kappa shape index (κ2) is 9.22. The van der Waals surface area contributed by atoms with Crippen molar-refractivity contribution in [2.75, 3.05) is 13.7 Å². The molecule has 1 aliphatic rings. The molecule has 2 N–H and O–H groups in total. The normalized spacial score (nSPS) is 28.7. The van der Waals surface area contributed by atoms with E-state index in [9.17, 15) is 48.0 Å². The number of methoxy groups -OCH3 is 1. The summed E-state index contributed by atoms with van der Waals surface area (Å²) < 4.78 is 54.7. The van der Waals surface area contributed by atoms with Crippen LogP contribution in [0.5, 0.6) is 0 Å². The maximum Gasteiger partial charge on any atom is 0.330 e. The number of phosphoric ester groups is 1. The largest absolute Gasteiger partial charge is 0.790 e. The minimum Gasteiger partial charge on any atom is -0.790 e. The summed E-state index contributed by atoms with van der Waals surface area (Å²) in [6.07, 6.45) is -4.73. The van der Waals surface area contributed by atoms with Crippen molar-refractivity contribution in [3.8, 4) is 0 Å². The highest BCUT2D eigenvalue weighted by atomic mass is 31.3. The minimum absolute atomic E-state index is 0.724. The fraction of sp³-hybridized carbons (Fsp3) is 0.600. The predicted molar refractivity (Wildman–Crippen MR) is 83.0 cm³/mol. The molecule has 2 rings (SSSR count). The molecule has 6 unspecified atom stereocenters. The van der Waals surface area contributed by atoms with Crippen LogP contribution in [0.15, 0.2) is 21.9 Å². The van der Waals surface area contributed by atoms with Crippen LogP contribution in [-0.2, 0) is 36.3 Å². The SMILES string of the molecule is COC1C(O)C(COP(=O)([O-])OP(=O)([O-])OP(=O)([O-])[O-])OC1n1ccc(=O)[nH]c1=O. The number of nitrogens with zero attached hydrogens (tertiary/aromatic N) is 1. The molecule has 1 aromatic heterocycles. The molecule has 1 aliphatic heterocycles. The average Bonchev–Trinajstić information content (AvgIpc) is 2.85. The Kier molecular flexibility index (Phi) is 7.76. The number of H-pyrrole nitrogens is 1. The molecule has 0 saturated carbocycles. The van der Waals surface area contributed by atoms with Crippen molar-refractivity contribution >= 4 is 23.5 Å². The third kappa shape index (κ3) is 6.73. The van der Waals surface area contributed by atoms with Gasteiger partial charge in [0.1, 0.15) is 18.3 Å². The molecule has 2 heterocycles. The average molecular weight is 494 g/mol. The van der Waals surface area contributed by atoms with Gasteiger partial charge in [0.15, 0.2) is 6.23 Å². The lowest BCUT2D eigenvalue weighted by Gasteiger charge is -2.37. The Morgan fingerprint density at radius 3 is 2.33 bits per heavy atom. The van der Waals surface area contributed by atoms with E-state index in [1.807, 2.05) is 4.98 Å². The molecule has 0 aromatic carbocycles. The van der Waals surface area contributed by atoms with Crippen LogP contribution >= 0.6 is 23.5 Å². The van der Waals surface area contributed by atoms with Crippen LogP contribution < -0.4 is 30.8 Å². The molecule has 1 saturated heterocycles. The Bertz CT molecular complexity index is 1010. The Labute approximate surface area is 166 Å². The van der Waals surface area contributed by atoms with Gasteiger partial charge in [0.25, 0.3) is 21.2 Å². The number of aromatic nitrogens is 2. The maximum atomic E-state index is 11.9. The van der Waals surface area contributed by atoms with E-state index >= 15 is 0 Å². The third-order valence-corrected chi connectivity index (χ3v) is 7.17. The van der Waals surface area contributed by atoms with E-state index in [1.54, 1.807) is 0 Å². The molecule has 0 amide bonds. The Morgan fingerprint density at radius 2 is 1.80 bits per heavy atom. The first-order valence-electron chi connectivity index (χ1n) is 7.53. The number of nitrogens with one attached hydrogen (secondary N) is 1. The van der Waals surface area contributed by atoms with Gasteiger partial charge in [-0.15, -0.1) is 0 Å². The van der Waals surface area contributed by atoms with Crippen molar-refractivity contribution in [2.45, 2.75) is 24.5 Å². The molecular weight excluding hydrogens is 481 g/mol. The van der Waals surface area contributed by atoms with E-state index in [0.717, 1.165) is 23.9 Å². The number of aliphatic hydroxyl groups excluding tert-OH is 1. The van der Waals surface area contributed by atoms with Crippen molar-refractivity contribution in [3.05, 3.63) is 33.1 Å². The van der Waals surface area contributed by atoms with Crippen LogP contribution in [0, 0.1) is 0 Å². The quantitative estimate of drug-likeness (QED) is 0.307. The first kappa shape index (κ1) is 25.2. The van der Waals surface area contributed by atoms with E-state index in [1.165, 1.54) is 0 Å². The summed E-state index contributed by atoms with van der Waals surface area (Å²) in [5.41, 5.74) is -1.66. The smallest absolute Gasteiger partial charge is 0.330 e. The lowest BCUT2D eigenvalue weighted by molar-refractivity contribution is -0.339. The van der Waals surface area contributed by atoms with Gasteiger partial charge in [-0.2, -0.15) is 0 Å².